The molecule has 0 aliphatic heterocycles. The van der Waals surface area contributed by atoms with Crippen molar-refractivity contribution in [3.8, 4) is 11.5 Å². The average molecular weight is 361 g/mol. The standard InChI is InChI=1S/C19H21ClN2O3/c1-24-17-9-12-3-4-13(16(12)10-18(17)25-2)11-21-19(23)22-15-7-5-14(20)6-8-15/h5-10,13H,3-4,11H2,1-2H3,(H2,21,22,23). The number of methoxy groups -OCH3 is 2. The van der Waals surface area contributed by atoms with E-state index in [4.69, 9.17) is 21.1 Å². The van der Waals surface area contributed by atoms with Crippen LogP contribution in [0.2, 0.25) is 5.02 Å². The predicted octanol–water partition coefficient (Wildman–Crippen LogP) is 4.21. The predicted molar refractivity (Wildman–Crippen MR) is 99.1 cm³/mol. The van der Waals surface area contributed by atoms with Crippen LogP contribution in [-0.4, -0.2) is 26.8 Å². The third-order valence-corrected chi connectivity index (χ3v) is 4.71. The zero-order chi connectivity index (χ0) is 17.8. The normalized spacial score (nSPS) is 15.4. The van der Waals surface area contributed by atoms with Gasteiger partial charge in [0.2, 0.25) is 0 Å². The summed E-state index contributed by atoms with van der Waals surface area (Å²) in [5.41, 5.74) is 3.17. The van der Waals surface area contributed by atoms with Crippen molar-refractivity contribution in [2.75, 3.05) is 26.1 Å². The number of halogens is 1. The first-order valence-corrected chi connectivity index (χ1v) is 8.53. The highest BCUT2D eigenvalue weighted by atomic mass is 35.5. The molecule has 6 heteroatoms. The fraction of sp³-hybridized carbons (Fsp3) is 0.316. The number of fused-ring (bicyclic) bond motifs is 1. The Labute approximate surface area is 152 Å². The molecule has 5 nitrogen and oxygen atoms in total. The quantitative estimate of drug-likeness (QED) is 0.839. The lowest BCUT2D eigenvalue weighted by Gasteiger charge is -2.16. The van der Waals surface area contributed by atoms with Crippen molar-refractivity contribution >= 4 is 23.3 Å². The van der Waals surface area contributed by atoms with Gasteiger partial charge in [-0.05, 0) is 60.4 Å². The molecule has 0 aromatic heterocycles. The summed E-state index contributed by atoms with van der Waals surface area (Å²) in [5, 5.41) is 6.38. The second-order valence-electron chi connectivity index (χ2n) is 5.98. The third kappa shape index (κ3) is 3.99. The van der Waals surface area contributed by atoms with Gasteiger partial charge in [0.05, 0.1) is 14.2 Å². The number of urea groups is 1. The van der Waals surface area contributed by atoms with Crippen LogP contribution in [0, 0.1) is 0 Å². The Morgan fingerprint density at radius 2 is 1.84 bits per heavy atom. The van der Waals surface area contributed by atoms with E-state index in [2.05, 4.69) is 10.6 Å². The molecule has 1 unspecified atom stereocenters. The first kappa shape index (κ1) is 17.4. The summed E-state index contributed by atoms with van der Waals surface area (Å²) >= 11 is 5.84. The number of hydrogen-bond donors (Lipinski definition) is 2. The molecule has 0 saturated heterocycles. The Bertz CT molecular complexity index is 762. The monoisotopic (exact) mass is 360 g/mol. The molecule has 0 radical (unpaired) electrons. The molecule has 2 aromatic rings. The van der Waals surface area contributed by atoms with Gasteiger partial charge >= 0.3 is 6.03 Å². The van der Waals surface area contributed by atoms with Crippen LogP contribution in [0.15, 0.2) is 36.4 Å². The summed E-state index contributed by atoms with van der Waals surface area (Å²) in [6.07, 6.45) is 1.97. The van der Waals surface area contributed by atoms with Crippen LogP contribution in [0.3, 0.4) is 0 Å². The van der Waals surface area contributed by atoms with Gasteiger partial charge in [-0.1, -0.05) is 11.6 Å². The first-order valence-electron chi connectivity index (χ1n) is 8.16. The minimum absolute atomic E-state index is 0.226. The van der Waals surface area contributed by atoms with E-state index in [1.165, 1.54) is 11.1 Å². The van der Waals surface area contributed by atoms with Crippen molar-refractivity contribution in [2.45, 2.75) is 18.8 Å². The van der Waals surface area contributed by atoms with Crippen LogP contribution in [0.25, 0.3) is 0 Å². The van der Waals surface area contributed by atoms with E-state index in [9.17, 15) is 4.79 Å². The Morgan fingerprint density at radius 1 is 1.16 bits per heavy atom. The molecule has 1 aliphatic rings. The van der Waals surface area contributed by atoms with Crippen molar-refractivity contribution in [1.29, 1.82) is 0 Å². The van der Waals surface area contributed by atoms with Crippen molar-refractivity contribution in [3.05, 3.63) is 52.5 Å². The number of aryl methyl sites for hydroxylation is 1. The lowest BCUT2D eigenvalue weighted by Crippen LogP contribution is -2.31. The Kier molecular flexibility index (Phi) is 5.34. The van der Waals surface area contributed by atoms with E-state index >= 15 is 0 Å². The number of carbonyl (C=O) groups excluding carboxylic acids is 1. The molecule has 2 amide bonds. The van der Waals surface area contributed by atoms with Gasteiger partial charge in [0.1, 0.15) is 0 Å². The van der Waals surface area contributed by atoms with Gasteiger partial charge in [-0.25, -0.2) is 4.79 Å². The van der Waals surface area contributed by atoms with Gasteiger partial charge in [-0.2, -0.15) is 0 Å². The summed E-state index contributed by atoms with van der Waals surface area (Å²) < 4.78 is 10.7. The van der Waals surface area contributed by atoms with E-state index in [1.54, 1.807) is 38.5 Å². The molecule has 0 saturated carbocycles. The van der Waals surface area contributed by atoms with Gasteiger partial charge in [0.15, 0.2) is 11.5 Å². The molecule has 0 spiro atoms. The number of amides is 2. The second-order valence-corrected chi connectivity index (χ2v) is 6.42. The zero-order valence-corrected chi connectivity index (χ0v) is 15.0. The SMILES string of the molecule is COc1cc2c(cc1OC)C(CNC(=O)Nc1ccc(Cl)cc1)CC2. The van der Waals surface area contributed by atoms with Gasteiger partial charge in [0.25, 0.3) is 0 Å². The second kappa shape index (κ2) is 7.66. The number of anilines is 1. The lowest BCUT2D eigenvalue weighted by atomic mass is 10.0. The molecular formula is C19H21ClN2O3. The molecule has 1 aliphatic carbocycles. The maximum atomic E-state index is 12.1. The fourth-order valence-corrected chi connectivity index (χ4v) is 3.28. The van der Waals surface area contributed by atoms with E-state index < -0.39 is 0 Å². The summed E-state index contributed by atoms with van der Waals surface area (Å²) in [4.78, 5) is 12.1. The Balaban J connectivity index is 1.62. The molecule has 0 heterocycles. The van der Waals surface area contributed by atoms with Gasteiger partial charge in [0, 0.05) is 23.2 Å². The molecule has 2 N–H and O–H groups in total. The van der Waals surface area contributed by atoms with Crippen LogP contribution in [0.1, 0.15) is 23.5 Å². The maximum Gasteiger partial charge on any atom is 0.319 e. The topological polar surface area (TPSA) is 59.6 Å². The van der Waals surface area contributed by atoms with Crippen molar-refractivity contribution in [2.24, 2.45) is 0 Å². The number of rotatable bonds is 5. The van der Waals surface area contributed by atoms with E-state index in [1.807, 2.05) is 12.1 Å². The van der Waals surface area contributed by atoms with Gasteiger partial charge < -0.3 is 20.1 Å². The average Bonchev–Trinajstić information content (AvgIpc) is 3.02. The van der Waals surface area contributed by atoms with Crippen LogP contribution < -0.4 is 20.1 Å². The molecule has 1 atom stereocenters. The molecule has 3 rings (SSSR count). The Hall–Kier alpha value is -2.40. The lowest BCUT2D eigenvalue weighted by molar-refractivity contribution is 0.251. The van der Waals surface area contributed by atoms with Crippen LogP contribution in [0.4, 0.5) is 10.5 Å². The largest absolute Gasteiger partial charge is 0.493 e. The number of hydrogen-bond acceptors (Lipinski definition) is 3. The molecule has 0 fully saturated rings. The van der Waals surface area contributed by atoms with Crippen molar-refractivity contribution in [3.63, 3.8) is 0 Å². The smallest absolute Gasteiger partial charge is 0.319 e. The van der Waals surface area contributed by atoms with Crippen LogP contribution in [-0.2, 0) is 6.42 Å². The Morgan fingerprint density at radius 3 is 2.52 bits per heavy atom. The van der Waals surface area contributed by atoms with Crippen LogP contribution in [0.5, 0.6) is 11.5 Å². The molecular weight excluding hydrogens is 340 g/mol. The van der Waals surface area contributed by atoms with E-state index in [0.717, 1.165) is 24.3 Å². The summed E-state index contributed by atoms with van der Waals surface area (Å²) in [5.74, 6) is 1.74. The molecule has 2 aromatic carbocycles. The number of ether oxygens (including phenoxy) is 2. The van der Waals surface area contributed by atoms with Crippen molar-refractivity contribution in [1.82, 2.24) is 5.32 Å². The van der Waals surface area contributed by atoms with Gasteiger partial charge in [-0.15, -0.1) is 0 Å². The number of nitrogens with one attached hydrogen (secondary N) is 2. The zero-order valence-electron chi connectivity index (χ0n) is 14.3. The summed E-state index contributed by atoms with van der Waals surface area (Å²) in [6, 6.07) is 10.8. The van der Waals surface area contributed by atoms with Gasteiger partial charge in [-0.3, -0.25) is 0 Å². The highest BCUT2D eigenvalue weighted by molar-refractivity contribution is 6.30. The highest BCUT2D eigenvalue weighted by Gasteiger charge is 2.25. The minimum atomic E-state index is -0.226. The van der Waals surface area contributed by atoms with Crippen molar-refractivity contribution < 1.29 is 14.3 Å². The highest BCUT2D eigenvalue weighted by Crippen LogP contribution is 2.40. The maximum absolute atomic E-state index is 12.1. The molecule has 0 bridgehead atoms. The van der Waals surface area contributed by atoms with Crippen LogP contribution >= 0.6 is 11.6 Å². The first-order chi connectivity index (χ1) is 12.1. The molecule has 132 valence electrons. The third-order valence-electron chi connectivity index (χ3n) is 4.46. The number of benzene rings is 2. The number of carbonyl (C=O) groups is 1. The summed E-state index contributed by atoms with van der Waals surface area (Å²) in [7, 11) is 3.27. The molecule has 25 heavy (non-hydrogen) atoms. The van der Waals surface area contributed by atoms with E-state index in [-0.39, 0.29) is 11.9 Å². The minimum Gasteiger partial charge on any atom is -0.493 e. The van der Waals surface area contributed by atoms with E-state index in [0.29, 0.717) is 17.3 Å². The summed E-state index contributed by atoms with van der Waals surface area (Å²) in [6.45, 7) is 0.571. The fourth-order valence-electron chi connectivity index (χ4n) is 3.16.